The Morgan fingerprint density at radius 3 is 2.48 bits per heavy atom. The first-order chi connectivity index (χ1) is 12.8. The Kier molecular flexibility index (Phi) is 7.62. The van der Waals surface area contributed by atoms with Gasteiger partial charge in [-0.05, 0) is 47.5 Å². The zero-order chi connectivity index (χ0) is 19.9. The molecule has 0 bridgehead atoms. The Hall–Kier alpha value is -2.12. The third kappa shape index (κ3) is 7.19. The van der Waals surface area contributed by atoms with Crippen LogP contribution in [0, 0.1) is 0 Å². The molecule has 142 valence electrons. The van der Waals surface area contributed by atoms with Crippen LogP contribution in [0.4, 0.5) is 5.69 Å². The number of sulfonamides is 1. The number of nitrogens with one attached hydrogen (secondary N) is 2. The molecule has 1 amide bonds. The molecule has 0 fully saturated rings. The lowest BCUT2D eigenvalue weighted by Gasteiger charge is -2.07. The van der Waals surface area contributed by atoms with Crippen molar-refractivity contribution in [2.45, 2.75) is 5.75 Å². The normalized spacial score (nSPS) is 11.5. The molecular weight excluding hydrogens is 407 g/mol. The van der Waals surface area contributed by atoms with Gasteiger partial charge in [-0.25, -0.2) is 13.1 Å². The Labute approximate surface area is 168 Å². The summed E-state index contributed by atoms with van der Waals surface area (Å²) in [7, 11) is -3.42. The molecule has 0 radical (unpaired) electrons. The monoisotopic (exact) mass is 424 g/mol. The van der Waals surface area contributed by atoms with Crippen molar-refractivity contribution in [3.05, 3.63) is 82.4 Å². The number of benzene rings is 2. The number of hydrogen-bond donors (Lipinski definition) is 2. The van der Waals surface area contributed by atoms with Gasteiger partial charge in [0, 0.05) is 28.4 Å². The van der Waals surface area contributed by atoms with E-state index in [-0.39, 0.29) is 18.2 Å². The molecule has 27 heavy (non-hydrogen) atoms. The molecule has 0 saturated carbocycles. The molecule has 5 nitrogen and oxygen atoms in total. The lowest BCUT2D eigenvalue weighted by Crippen LogP contribution is -2.25. The van der Waals surface area contributed by atoms with Crippen molar-refractivity contribution in [2.75, 3.05) is 11.9 Å². The van der Waals surface area contributed by atoms with E-state index in [0.29, 0.717) is 26.9 Å². The molecule has 0 atom stereocenters. The molecule has 0 unspecified atom stereocenters. The lowest BCUT2D eigenvalue weighted by molar-refractivity contribution is -0.111. The van der Waals surface area contributed by atoms with E-state index in [1.54, 1.807) is 48.5 Å². The van der Waals surface area contributed by atoms with E-state index in [2.05, 4.69) is 16.6 Å². The summed E-state index contributed by atoms with van der Waals surface area (Å²) in [4.78, 5) is 12.0. The largest absolute Gasteiger partial charge is 0.323 e. The van der Waals surface area contributed by atoms with Gasteiger partial charge in [0.2, 0.25) is 15.9 Å². The van der Waals surface area contributed by atoms with E-state index in [9.17, 15) is 13.2 Å². The Bertz CT molecular complexity index is 955. The molecule has 0 aliphatic carbocycles. The molecule has 0 saturated heterocycles. The van der Waals surface area contributed by atoms with Crippen LogP contribution in [-0.4, -0.2) is 20.9 Å². The maximum atomic E-state index is 12.0. The van der Waals surface area contributed by atoms with Crippen molar-refractivity contribution in [1.82, 2.24) is 4.72 Å². The minimum Gasteiger partial charge on any atom is -0.323 e. The summed E-state index contributed by atoms with van der Waals surface area (Å²) in [6.07, 6.45) is 4.38. The lowest BCUT2D eigenvalue weighted by atomic mass is 10.2. The van der Waals surface area contributed by atoms with Crippen LogP contribution in [0.5, 0.6) is 0 Å². The highest BCUT2D eigenvalue weighted by molar-refractivity contribution is 7.88. The molecule has 2 rings (SSSR count). The van der Waals surface area contributed by atoms with E-state index in [0.717, 1.165) is 0 Å². The Morgan fingerprint density at radius 2 is 1.81 bits per heavy atom. The summed E-state index contributed by atoms with van der Waals surface area (Å²) in [6.45, 7) is 3.65. The topological polar surface area (TPSA) is 75.3 Å². The van der Waals surface area contributed by atoms with E-state index in [1.165, 1.54) is 12.2 Å². The third-order valence-electron chi connectivity index (χ3n) is 3.40. The number of hydrogen-bond acceptors (Lipinski definition) is 3. The molecule has 0 heterocycles. The van der Waals surface area contributed by atoms with Gasteiger partial charge in [0.25, 0.3) is 0 Å². The standard InChI is InChI=1S/C19H18Cl2N2O3S/c1-2-11-22-27(25,26)13-14-3-7-17(8-4-14)23-19(24)10-5-15-12-16(20)6-9-18(15)21/h2-10,12,22H,1,11,13H2,(H,23,24)/b10-5+. The Balaban J connectivity index is 1.97. The second-order valence-corrected chi connectivity index (χ2v) is 8.23. The quantitative estimate of drug-likeness (QED) is 0.491. The van der Waals surface area contributed by atoms with Gasteiger partial charge < -0.3 is 5.32 Å². The maximum absolute atomic E-state index is 12.0. The van der Waals surface area contributed by atoms with Crippen molar-refractivity contribution >= 4 is 50.9 Å². The van der Waals surface area contributed by atoms with Gasteiger partial charge in [0.1, 0.15) is 0 Å². The van der Waals surface area contributed by atoms with Crippen LogP contribution < -0.4 is 10.0 Å². The molecular formula is C19H18Cl2N2O3S. The van der Waals surface area contributed by atoms with Gasteiger partial charge in [0.05, 0.1) is 5.75 Å². The number of rotatable bonds is 8. The second kappa shape index (κ2) is 9.71. The summed E-state index contributed by atoms with van der Waals surface area (Å²) in [5.41, 5.74) is 1.78. The molecule has 8 heteroatoms. The van der Waals surface area contributed by atoms with E-state index in [4.69, 9.17) is 23.2 Å². The SMILES string of the molecule is C=CCNS(=O)(=O)Cc1ccc(NC(=O)/C=C/c2cc(Cl)ccc2Cl)cc1. The summed E-state index contributed by atoms with van der Waals surface area (Å²) in [6, 6.07) is 11.5. The van der Waals surface area contributed by atoms with Crippen molar-refractivity contribution in [3.8, 4) is 0 Å². The predicted octanol–water partition coefficient (Wildman–Crippen LogP) is 4.25. The minimum atomic E-state index is -3.42. The van der Waals surface area contributed by atoms with Crippen molar-refractivity contribution in [1.29, 1.82) is 0 Å². The fourth-order valence-corrected chi connectivity index (χ4v) is 3.60. The smallest absolute Gasteiger partial charge is 0.248 e. The van der Waals surface area contributed by atoms with Gasteiger partial charge >= 0.3 is 0 Å². The summed E-state index contributed by atoms with van der Waals surface area (Å²) in [5.74, 6) is -0.499. The predicted molar refractivity (Wildman–Crippen MR) is 111 cm³/mol. The average Bonchev–Trinajstić information content (AvgIpc) is 2.62. The molecule has 0 aliphatic rings. The van der Waals surface area contributed by atoms with E-state index >= 15 is 0 Å². The van der Waals surface area contributed by atoms with Crippen molar-refractivity contribution < 1.29 is 13.2 Å². The Morgan fingerprint density at radius 1 is 1.11 bits per heavy atom. The number of amides is 1. The number of anilines is 1. The average molecular weight is 425 g/mol. The maximum Gasteiger partial charge on any atom is 0.248 e. The number of carbonyl (C=O) groups is 1. The minimum absolute atomic E-state index is 0.151. The summed E-state index contributed by atoms with van der Waals surface area (Å²) >= 11 is 11.9. The number of carbonyl (C=O) groups excluding carboxylic acids is 1. The molecule has 2 N–H and O–H groups in total. The zero-order valence-corrected chi connectivity index (χ0v) is 16.6. The van der Waals surface area contributed by atoms with Crippen LogP contribution in [0.1, 0.15) is 11.1 Å². The molecule has 2 aromatic rings. The molecule has 0 spiro atoms. The van der Waals surface area contributed by atoms with Crippen molar-refractivity contribution in [2.24, 2.45) is 0 Å². The van der Waals surface area contributed by atoms with Gasteiger partial charge in [-0.15, -0.1) is 6.58 Å². The molecule has 2 aromatic carbocycles. The first-order valence-electron chi connectivity index (χ1n) is 7.90. The van der Waals surface area contributed by atoms with E-state index in [1.807, 2.05) is 0 Å². The highest BCUT2D eigenvalue weighted by atomic mass is 35.5. The highest BCUT2D eigenvalue weighted by Gasteiger charge is 2.10. The summed E-state index contributed by atoms with van der Waals surface area (Å²) in [5, 5.41) is 3.70. The van der Waals surface area contributed by atoms with Gasteiger partial charge in [-0.1, -0.05) is 41.4 Å². The molecule has 0 aromatic heterocycles. The van der Waals surface area contributed by atoms with Crippen LogP contribution in [0.3, 0.4) is 0 Å². The second-order valence-electron chi connectivity index (χ2n) is 5.58. The number of halogens is 2. The summed E-state index contributed by atoms with van der Waals surface area (Å²) < 4.78 is 26.1. The van der Waals surface area contributed by atoms with Crippen LogP contribution in [0.25, 0.3) is 6.08 Å². The van der Waals surface area contributed by atoms with Gasteiger partial charge in [0.15, 0.2) is 0 Å². The highest BCUT2D eigenvalue weighted by Crippen LogP contribution is 2.21. The van der Waals surface area contributed by atoms with E-state index < -0.39 is 10.0 Å². The zero-order valence-electron chi connectivity index (χ0n) is 14.3. The van der Waals surface area contributed by atoms with Crippen LogP contribution in [0.2, 0.25) is 10.0 Å². The van der Waals surface area contributed by atoms with Crippen LogP contribution >= 0.6 is 23.2 Å². The van der Waals surface area contributed by atoms with Gasteiger partial charge in [-0.2, -0.15) is 0 Å². The van der Waals surface area contributed by atoms with Crippen LogP contribution in [-0.2, 0) is 20.6 Å². The van der Waals surface area contributed by atoms with Gasteiger partial charge in [-0.3, -0.25) is 4.79 Å². The third-order valence-corrected chi connectivity index (χ3v) is 5.30. The first kappa shape index (κ1) is 21.2. The first-order valence-corrected chi connectivity index (χ1v) is 10.3. The fourth-order valence-electron chi connectivity index (χ4n) is 2.13. The van der Waals surface area contributed by atoms with Crippen molar-refractivity contribution in [3.63, 3.8) is 0 Å². The fraction of sp³-hybridized carbons (Fsp3) is 0.105. The molecule has 0 aliphatic heterocycles. The van der Waals surface area contributed by atoms with Crippen LogP contribution in [0.15, 0.2) is 61.2 Å².